The maximum atomic E-state index is 10.0. The summed E-state index contributed by atoms with van der Waals surface area (Å²) in [6.45, 7) is 0. The molecule has 0 bridgehead atoms. The monoisotopic (exact) mass is 386 g/mol. The van der Waals surface area contributed by atoms with Crippen molar-refractivity contribution in [3.05, 3.63) is 46.7 Å². The van der Waals surface area contributed by atoms with E-state index < -0.39 is 0 Å². The average molecular weight is 386 g/mol. The SMILES string of the molecule is COc1ccccc1-c1n[nH]c(=S)n1/N=C\c1cc(OC)c(O)c(OC)c1. The molecule has 0 spiro atoms. The lowest BCUT2D eigenvalue weighted by atomic mass is 10.2. The largest absolute Gasteiger partial charge is 0.502 e. The molecule has 1 aromatic heterocycles. The number of phenolic OH excluding ortho intramolecular Hbond substituents is 1. The standard InChI is InChI=1S/C18H18N4O4S/c1-24-13-7-5-4-6-12(13)17-20-21-18(27)22(17)19-10-11-8-14(25-2)16(23)15(9-11)26-3/h4-10,23H,1-3H3,(H,21,27)/b19-10-. The third-order valence-corrected chi connectivity index (χ3v) is 4.09. The van der Waals surface area contributed by atoms with Gasteiger partial charge < -0.3 is 19.3 Å². The molecular formula is C18H18N4O4S. The van der Waals surface area contributed by atoms with E-state index in [1.807, 2.05) is 24.3 Å². The van der Waals surface area contributed by atoms with Crippen LogP contribution in [0.15, 0.2) is 41.5 Å². The van der Waals surface area contributed by atoms with Crippen LogP contribution < -0.4 is 14.2 Å². The van der Waals surface area contributed by atoms with Gasteiger partial charge in [0.2, 0.25) is 10.5 Å². The van der Waals surface area contributed by atoms with Gasteiger partial charge in [0.15, 0.2) is 17.3 Å². The minimum Gasteiger partial charge on any atom is -0.502 e. The Morgan fingerprint density at radius 1 is 1.07 bits per heavy atom. The molecule has 0 saturated carbocycles. The molecule has 0 saturated heterocycles. The summed E-state index contributed by atoms with van der Waals surface area (Å²) in [6, 6.07) is 10.7. The van der Waals surface area contributed by atoms with Crippen molar-refractivity contribution in [2.24, 2.45) is 5.10 Å². The van der Waals surface area contributed by atoms with Crippen LogP contribution in [0.1, 0.15) is 5.56 Å². The number of benzene rings is 2. The summed E-state index contributed by atoms with van der Waals surface area (Å²) in [5.74, 6) is 1.63. The summed E-state index contributed by atoms with van der Waals surface area (Å²) in [6.07, 6.45) is 1.56. The van der Waals surface area contributed by atoms with Crippen LogP contribution in [0, 0.1) is 4.77 Å². The van der Waals surface area contributed by atoms with Crippen LogP contribution in [0.2, 0.25) is 0 Å². The van der Waals surface area contributed by atoms with E-state index in [9.17, 15) is 5.11 Å². The van der Waals surface area contributed by atoms with Crippen molar-refractivity contribution in [3.63, 3.8) is 0 Å². The fourth-order valence-corrected chi connectivity index (χ4v) is 2.69. The highest BCUT2D eigenvalue weighted by Gasteiger charge is 2.14. The summed E-state index contributed by atoms with van der Waals surface area (Å²) in [5.41, 5.74) is 1.39. The number of aromatic hydroxyl groups is 1. The molecule has 8 nitrogen and oxygen atoms in total. The number of para-hydroxylation sites is 1. The smallest absolute Gasteiger partial charge is 0.216 e. The molecular weight excluding hydrogens is 368 g/mol. The van der Waals surface area contributed by atoms with E-state index in [2.05, 4.69) is 15.3 Å². The Hall–Kier alpha value is -3.33. The van der Waals surface area contributed by atoms with Gasteiger partial charge in [0.05, 0.1) is 33.1 Å². The van der Waals surface area contributed by atoms with Gasteiger partial charge >= 0.3 is 0 Å². The minimum atomic E-state index is -0.0771. The molecule has 0 unspecified atom stereocenters. The van der Waals surface area contributed by atoms with Gasteiger partial charge in [-0.2, -0.15) is 14.9 Å². The van der Waals surface area contributed by atoms with Crippen molar-refractivity contribution in [1.29, 1.82) is 0 Å². The summed E-state index contributed by atoms with van der Waals surface area (Å²) in [4.78, 5) is 0. The van der Waals surface area contributed by atoms with Crippen molar-refractivity contribution in [3.8, 4) is 34.4 Å². The molecule has 27 heavy (non-hydrogen) atoms. The predicted molar refractivity (Wildman–Crippen MR) is 104 cm³/mol. The zero-order valence-corrected chi connectivity index (χ0v) is 15.8. The lowest BCUT2D eigenvalue weighted by molar-refractivity contribution is 0.340. The number of methoxy groups -OCH3 is 3. The second kappa shape index (κ2) is 7.92. The number of hydrogen-bond acceptors (Lipinski definition) is 7. The first-order valence-corrected chi connectivity index (χ1v) is 8.30. The zero-order chi connectivity index (χ0) is 19.4. The Labute approximate surface area is 160 Å². The quantitative estimate of drug-likeness (QED) is 0.499. The third-order valence-electron chi connectivity index (χ3n) is 3.82. The Kier molecular flexibility index (Phi) is 5.41. The molecule has 1 heterocycles. The Morgan fingerprint density at radius 3 is 2.33 bits per heavy atom. The number of rotatable bonds is 6. The van der Waals surface area contributed by atoms with Crippen LogP contribution in [0.5, 0.6) is 23.0 Å². The van der Waals surface area contributed by atoms with Gasteiger partial charge in [0, 0.05) is 5.56 Å². The van der Waals surface area contributed by atoms with Crippen LogP contribution in [0.4, 0.5) is 0 Å². The third kappa shape index (κ3) is 3.63. The second-order valence-electron chi connectivity index (χ2n) is 5.38. The van der Waals surface area contributed by atoms with Crippen LogP contribution in [0.3, 0.4) is 0 Å². The molecule has 140 valence electrons. The first kappa shape index (κ1) is 18.5. The lowest BCUT2D eigenvalue weighted by Gasteiger charge is -2.09. The number of H-pyrrole nitrogens is 1. The number of hydrogen-bond donors (Lipinski definition) is 2. The normalized spacial score (nSPS) is 10.9. The number of ether oxygens (including phenoxy) is 3. The second-order valence-corrected chi connectivity index (χ2v) is 5.77. The molecule has 3 rings (SSSR count). The molecule has 3 aromatic rings. The van der Waals surface area contributed by atoms with E-state index >= 15 is 0 Å². The number of nitrogens with one attached hydrogen (secondary N) is 1. The van der Waals surface area contributed by atoms with Gasteiger partial charge in [-0.25, -0.2) is 5.10 Å². The highest BCUT2D eigenvalue weighted by Crippen LogP contribution is 2.36. The number of phenols is 1. The summed E-state index contributed by atoms with van der Waals surface area (Å²) in [5, 5.41) is 21.4. The fraction of sp³-hybridized carbons (Fsp3) is 0.167. The van der Waals surface area contributed by atoms with Crippen molar-refractivity contribution < 1.29 is 19.3 Å². The van der Waals surface area contributed by atoms with Gasteiger partial charge in [0.1, 0.15) is 5.75 Å². The molecule has 0 fully saturated rings. The van der Waals surface area contributed by atoms with Crippen molar-refractivity contribution in [2.75, 3.05) is 21.3 Å². The van der Waals surface area contributed by atoms with E-state index in [1.54, 1.807) is 25.5 Å². The van der Waals surface area contributed by atoms with Gasteiger partial charge in [-0.05, 0) is 36.5 Å². The van der Waals surface area contributed by atoms with Crippen LogP contribution in [0.25, 0.3) is 11.4 Å². The van der Waals surface area contributed by atoms with Crippen LogP contribution >= 0.6 is 12.2 Å². The van der Waals surface area contributed by atoms with E-state index in [0.29, 0.717) is 21.9 Å². The Bertz CT molecular complexity index is 1020. The number of nitrogens with zero attached hydrogens (tertiary/aromatic N) is 3. The summed E-state index contributed by atoms with van der Waals surface area (Å²) >= 11 is 5.29. The lowest BCUT2D eigenvalue weighted by Crippen LogP contribution is -1.98. The maximum absolute atomic E-state index is 10.0. The molecule has 0 aliphatic carbocycles. The van der Waals surface area contributed by atoms with Crippen molar-refractivity contribution in [1.82, 2.24) is 14.9 Å². The molecule has 2 N–H and O–H groups in total. The first-order chi connectivity index (χ1) is 13.1. The van der Waals surface area contributed by atoms with E-state index in [1.165, 1.54) is 18.9 Å². The average Bonchev–Trinajstić information content (AvgIpc) is 3.07. The molecule has 0 radical (unpaired) electrons. The van der Waals surface area contributed by atoms with E-state index in [4.69, 9.17) is 26.4 Å². The van der Waals surface area contributed by atoms with Crippen molar-refractivity contribution in [2.45, 2.75) is 0 Å². The minimum absolute atomic E-state index is 0.0771. The van der Waals surface area contributed by atoms with Crippen LogP contribution in [-0.4, -0.2) is 47.5 Å². The molecule has 0 aliphatic heterocycles. The maximum Gasteiger partial charge on any atom is 0.216 e. The van der Waals surface area contributed by atoms with Gasteiger partial charge in [-0.15, -0.1) is 0 Å². The molecule has 0 atom stereocenters. The van der Waals surface area contributed by atoms with Gasteiger partial charge in [-0.3, -0.25) is 0 Å². The summed E-state index contributed by atoms with van der Waals surface area (Å²) in [7, 11) is 4.51. The van der Waals surface area contributed by atoms with Crippen LogP contribution in [-0.2, 0) is 0 Å². The number of aromatic nitrogens is 3. The zero-order valence-electron chi connectivity index (χ0n) is 15.0. The van der Waals surface area contributed by atoms with E-state index in [-0.39, 0.29) is 17.2 Å². The Morgan fingerprint density at radius 2 is 1.70 bits per heavy atom. The fourth-order valence-electron chi connectivity index (χ4n) is 2.52. The van der Waals surface area contributed by atoms with E-state index in [0.717, 1.165) is 5.56 Å². The van der Waals surface area contributed by atoms with Gasteiger partial charge in [-0.1, -0.05) is 12.1 Å². The summed E-state index contributed by atoms with van der Waals surface area (Å²) < 4.78 is 17.5. The Balaban J connectivity index is 2.05. The highest BCUT2D eigenvalue weighted by molar-refractivity contribution is 7.71. The van der Waals surface area contributed by atoms with Gasteiger partial charge in [0.25, 0.3) is 0 Å². The molecule has 0 amide bonds. The molecule has 0 aliphatic rings. The number of aromatic amines is 1. The topological polar surface area (TPSA) is 93.9 Å². The molecule has 9 heteroatoms. The van der Waals surface area contributed by atoms with Crippen molar-refractivity contribution >= 4 is 18.4 Å². The molecule has 2 aromatic carbocycles. The predicted octanol–water partition coefficient (Wildman–Crippen LogP) is 3.22. The first-order valence-electron chi connectivity index (χ1n) is 7.89. The highest BCUT2D eigenvalue weighted by atomic mass is 32.1.